The second kappa shape index (κ2) is 10.7. The first kappa shape index (κ1) is 24.9. The first-order chi connectivity index (χ1) is 17.5. The Morgan fingerprint density at radius 3 is 2.86 bits per heavy atom. The fourth-order valence-corrected chi connectivity index (χ4v) is 8.16. The van der Waals surface area contributed by atoms with Gasteiger partial charge in [0.15, 0.2) is 5.13 Å². The van der Waals surface area contributed by atoms with Gasteiger partial charge in [0.2, 0.25) is 5.91 Å². The lowest BCUT2D eigenvalue weighted by Crippen LogP contribution is -2.53. The lowest BCUT2D eigenvalue weighted by molar-refractivity contribution is -0.123. The van der Waals surface area contributed by atoms with Crippen LogP contribution in [0.4, 0.5) is 5.13 Å². The summed E-state index contributed by atoms with van der Waals surface area (Å²) < 4.78 is 36.9. The summed E-state index contributed by atoms with van der Waals surface area (Å²) in [5.74, 6) is 0.399. The maximum Gasteiger partial charge on any atom is 0.253 e. The molecule has 1 fully saturated rings. The fourth-order valence-electron chi connectivity index (χ4n) is 4.38. The molecule has 0 bridgehead atoms. The third-order valence-corrected chi connectivity index (χ3v) is 10.4. The molecule has 1 atom stereocenters. The number of piperidine rings is 1. The number of hydrogen-bond donors (Lipinski definition) is 0. The van der Waals surface area contributed by atoms with Crippen molar-refractivity contribution in [2.45, 2.75) is 43.0 Å². The van der Waals surface area contributed by atoms with Gasteiger partial charge in [-0.05, 0) is 49.4 Å². The number of aromatic nitrogens is 3. The Kier molecular flexibility index (Phi) is 7.37. The number of sulfonamides is 1. The van der Waals surface area contributed by atoms with Crippen LogP contribution in [-0.4, -0.2) is 59.1 Å². The Labute approximate surface area is 218 Å². The van der Waals surface area contributed by atoms with Crippen molar-refractivity contribution in [2.75, 3.05) is 24.6 Å². The third-order valence-electron chi connectivity index (χ3n) is 6.08. The highest BCUT2D eigenvalue weighted by molar-refractivity contribution is 7.91. The standard InChI is InChI=1S/C24H27N5O4S3/c1-2-33-19-9-5-10-20-22(19)26-24(35-20)28(16-15-27-13-7-12-25-27)23(30)18-8-3-4-14-29(18)36(31,32)21-11-6-17-34-21/h5-7,9-13,17-18H,2-4,8,14-16H2,1H3. The minimum Gasteiger partial charge on any atom is -0.492 e. The number of benzene rings is 1. The predicted octanol–water partition coefficient (Wildman–Crippen LogP) is 4.23. The molecule has 1 aliphatic rings. The predicted molar refractivity (Wildman–Crippen MR) is 141 cm³/mol. The van der Waals surface area contributed by atoms with Crippen LogP contribution in [0.25, 0.3) is 10.2 Å². The number of hydrogen-bond acceptors (Lipinski definition) is 8. The average Bonchev–Trinajstić information content (AvgIpc) is 3.67. The van der Waals surface area contributed by atoms with Gasteiger partial charge in [-0.15, -0.1) is 11.3 Å². The molecular formula is C24H27N5O4S3. The Hall–Kier alpha value is -2.80. The first-order valence-electron chi connectivity index (χ1n) is 11.9. The van der Waals surface area contributed by atoms with Gasteiger partial charge in [-0.25, -0.2) is 13.4 Å². The molecule has 3 aromatic heterocycles. The Balaban J connectivity index is 1.51. The molecule has 1 aliphatic heterocycles. The maximum atomic E-state index is 14.1. The summed E-state index contributed by atoms with van der Waals surface area (Å²) >= 11 is 2.57. The maximum absolute atomic E-state index is 14.1. The van der Waals surface area contributed by atoms with Crippen molar-refractivity contribution in [3.63, 3.8) is 0 Å². The number of thiazole rings is 1. The van der Waals surface area contributed by atoms with Gasteiger partial charge in [0.1, 0.15) is 21.5 Å². The molecule has 1 saturated heterocycles. The number of anilines is 1. The highest BCUT2D eigenvalue weighted by atomic mass is 32.2. The number of nitrogens with zero attached hydrogens (tertiary/aromatic N) is 5. The average molecular weight is 546 g/mol. The quantitative estimate of drug-likeness (QED) is 0.312. The number of fused-ring (bicyclic) bond motifs is 1. The molecule has 36 heavy (non-hydrogen) atoms. The molecule has 1 unspecified atom stereocenters. The summed E-state index contributed by atoms with van der Waals surface area (Å²) in [6.07, 6.45) is 5.50. The van der Waals surface area contributed by atoms with Crippen molar-refractivity contribution >= 4 is 54.0 Å². The van der Waals surface area contributed by atoms with Crippen molar-refractivity contribution in [3.05, 3.63) is 54.2 Å². The van der Waals surface area contributed by atoms with Gasteiger partial charge in [-0.2, -0.15) is 9.40 Å². The minimum atomic E-state index is -3.78. The number of carbonyl (C=O) groups is 1. The number of amides is 1. The van der Waals surface area contributed by atoms with E-state index in [1.807, 2.05) is 37.4 Å². The van der Waals surface area contributed by atoms with Crippen LogP contribution in [0.1, 0.15) is 26.2 Å². The minimum absolute atomic E-state index is 0.256. The number of thiophene rings is 1. The molecule has 1 aromatic carbocycles. The lowest BCUT2D eigenvalue weighted by atomic mass is 10.0. The Morgan fingerprint density at radius 1 is 1.22 bits per heavy atom. The van der Waals surface area contributed by atoms with E-state index in [0.717, 1.165) is 17.5 Å². The zero-order chi connectivity index (χ0) is 25.1. The van der Waals surface area contributed by atoms with Crippen LogP contribution in [0.3, 0.4) is 0 Å². The molecule has 190 valence electrons. The molecule has 0 N–H and O–H groups in total. The van der Waals surface area contributed by atoms with E-state index in [-0.39, 0.29) is 10.1 Å². The summed E-state index contributed by atoms with van der Waals surface area (Å²) in [5, 5.41) is 6.52. The van der Waals surface area contributed by atoms with E-state index in [4.69, 9.17) is 9.72 Å². The molecular weight excluding hydrogens is 518 g/mol. The van der Waals surface area contributed by atoms with E-state index in [2.05, 4.69) is 5.10 Å². The van der Waals surface area contributed by atoms with Crippen LogP contribution in [0, 0.1) is 0 Å². The Morgan fingerprint density at radius 2 is 2.11 bits per heavy atom. The summed E-state index contributed by atoms with van der Waals surface area (Å²) in [6.45, 7) is 3.51. The van der Waals surface area contributed by atoms with Crippen molar-refractivity contribution in [1.82, 2.24) is 19.1 Å². The molecule has 4 aromatic rings. The zero-order valence-electron chi connectivity index (χ0n) is 19.8. The first-order valence-corrected chi connectivity index (χ1v) is 15.0. The van der Waals surface area contributed by atoms with Gasteiger partial charge >= 0.3 is 0 Å². The van der Waals surface area contributed by atoms with Crippen LogP contribution in [0.15, 0.2) is 58.4 Å². The zero-order valence-corrected chi connectivity index (χ0v) is 22.3. The van der Waals surface area contributed by atoms with E-state index < -0.39 is 16.1 Å². The van der Waals surface area contributed by atoms with E-state index in [0.29, 0.717) is 49.1 Å². The van der Waals surface area contributed by atoms with E-state index in [9.17, 15) is 13.2 Å². The molecule has 0 saturated carbocycles. The highest BCUT2D eigenvalue weighted by Crippen LogP contribution is 2.36. The topological polar surface area (TPSA) is 97.6 Å². The summed E-state index contributed by atoms with van der Waals surface area (Å²) in [7, 11) is -3.78. The van der Waals surface area contributed by atoms with Crippen LogP contribution >= 0.6 is 22.7 Å². The van der Waals surface area contributed by atoms with Gasteiger partial charge in [0.05, 0.1) is 17.9 Å². The highest BCUT2D eigenvalue weighted by Gasteiger charge is 2.40. The fraction of sp³-hybridized carbons (Fsp3) is 0.375. The smallest absolute Gasteiger partial charge is 0.253 e. The summed E-state index contributed by atoms with van der Waals surface area (Å²) in [5.41, 5.74) is 0.697. The van der Waals surface area contributed by atoms with E-state index >= 15 is 0 Å². The van der Waals surface area contributed by atoms with Gasteiger partial charge in [-0.3, -0.25) is 14.4 Å². The van der Waals surface area contributed by atoms with Crippen molar-refractivity contribution in [3.8, 4) is 5.75 Å². The van der Waals surface area contributed by atoms with Crippen molar-refractivity contribution in [1.29, 1.82) is 0 Å². The monoisotopic (exact) mass is 545 g/mol. The third kappa shape index (κ3) is 4.90. The SMILES string of the molecule is CCOc1cccc2sc(N(CCn3cccn3)C(=O)C3CCCCN3S(=O)(=O)c3cccs3)nc12. The summed E-state index contributed by atoms with van der Waals surface area (Å²) in [6, 6.07) is 10.1. The van der Waals surface area contributed by atoms with E-state index in [1.165, 1.54) is 27.0 Å². The number of rotatable bonds is 9. The van der Waals surface area contributed by atoms with Gasteiger partial charge in [-0.1, -0.05) is 29.9 Å². The Bertz CT molecular complexity index is 1420. The second-order valence-electron chi connectivity index (χ2n) is 8.35. The molecule has 0 spiro atoms. The molecule has 5 rings (SSSR count). The second-order valence-corrected chi connectivity index (χ2v) is 12.4. The van der Waals surface area contributed by atoms with Crippen molar-refractivity contribution < 1.29 is 17.9 Å². The van der Waals surface area contributed by atoms with Gasteiger partial charge < -0.3 is 4.74 Å². The lowest BCUT2D eigenvalue weighted by Gasteiger charge is -2.35. The molecule has 1 amide bonds. The van der Waals surface area contributed by atoms with Crippen LogP contribution in [-0.2, 0) is 21.4 Å². The van der Waals surface area contributed by atoms with Crippen LogP contribution in [0.2, 0.25) is 0 Å². The van der Waals surface area contributed by atoms with Gasteiger partial charge in [0.25, 0.3) is 10.0 Å². The molecule has 0 aliphatic carbocycles. The van der Waals surface area contributed by atoms with Crippen LogP contribution < -0.4 is 9.64 Å². The summed E-state index contributed by atoms with van der Waals surface area (Å²) in [4.78, 5) is 20.5. The van der Waals surface area contributed by atoms with Crippen molar-refractivity contribution in [2.24, 2.45) is 0 Å². The molecule has 0 radical (unpaired) electrons. The number of para-hydroxylation sites is 1. The van der Waals surface area contributed by atoms with Crippen LogP contribution in [0.5, 0.6) is 5.75 Å². The van der Waals surface area contributed by atoms with E-state index in [1.54, 1.807) is 33.3 Å². The number of ether oxygens (including phenoxy) is 1. The molecule has 12 heteroatoms. The molecule has 9 nitrogen and oxygen atoms in total. The molecule has 4 heterocycles. The normalized spacial score (nSPS) is 16.9. The largest absolute Gasteiger partial charge is 0.492 e. The number of carbonyl (C=O) groups excluding carboxylic acids is 1. The van der Waals surface area contributed by atoms with Gasteiger partial charge in [0, 0.05) is 25.5 Å².